The molecule has 1 aromatic rings. The third kappa shape index (κ3) is 2.04. The van der Waals surface area contributed by atoms with Crippen LogP contribution in [-0.4, -0.2) is 22.2 Å². The minimum atomic E-state index is -1.48. The van der Waals surface area contributed by atoms with Crippen LogP contribution in [0.4, 0.5) is 5.82 Å². The van der Waals surface area contributed by atoms with Crippen molar-refractivity contribution in [1.82, 2.24) is 4.98 Å². The maximum atomic E-state index is 8.77. The fourth-order valence-corrected chi connectivity index (χ4v) is 1.38. The second-order valence-electron chi connectivity index (χ2n) is 2.00. The Hall–Kier alpha value is -0.335. The van der Waals surface area contributed by atoms with Crippen LogP contribution in [0, 0.1) is 3.57 Å². The third-order valence-electron chi connectivity index (χ3n) is 1.18. The predicted molar refractivity (Wildman–Crippen MR) is 51.2 cm³/mol. The van der Waals surface area contributed by atoms with Crippen molar-refractivity contribution in [2.75, 3.05) is 5.73 Å². The van der Waals surface area contributed by atoms with Gasteiger partial charge in [0.25, 0.3) is 0 Å². The predicted octanol–water partition coefficient (Wildman–Crippen LogP) is -1.05. The van der Waals surface area contributed by atoms with Crippen LogP contribution in [0.5, 0.6) is 0 Å². The summed E-state index contributed by atoms with van der Waals surface area (Å²) in [6, 6.07) is 1.58. The van der Waals surface area contributed by atoms with Gasteiger partial charge in [0, 0.05) is 15.2 Å². The molecule has 0 saturated carbocycles. The lowest BCUT2D eigenvalue weighted by atomic mass is 9.82. The highest BCUT2D eigenvalue weighted by molar-refractivity contribution is 14.1. The molecule has 0 bridgehead atoms. The Balaban J connectivity index is 3.09. The minimum Gasteiger partial charge on any atom is -0.423 e. The van der Waals surface area contributed by atoms with E-state index in [-0.39, 0.29) is 0 Å². The van der Waals surface area contributed by atoms with E-state index in [4.69, 9.17) is 15.8 Å². The Morgan fingerprint density at radius 2 is 2.18 bits per heavy atom. The molecule has 0 aliphatic heterocycles. The molecule has 0 atom stereocenters. The quantitative estimate of drug-likeness (QED) is 0.446. The van der Waals surface area contributed by atoms with Gasteiger partial charge in [0.05, 0.1) is 0 Å². The summed E-state index contributed by atoms with van der Waals surface area (Å²) in [5.74, 6) is 0.374. The molecule has 0 saturated heterocycles. The molecule has 0 aliphatic carbocycles. The maximum absolute atomic E-state index is 8.77. The highest BCUT2D eigenvalue weighted by atomic mass is 127. The monoisotopic (exact) mass is 264 g/mol. The SMILES string of the molecule is Nc1cc(I)c(B(O)O)cn1. The number of hydrogen-bond donors (Lipinski definition) is 3. The zero-order valence-electron chi connectivity index (χ0n) is 5.53. The molecular weight excluding hydrogens is 258 g/mol. The fourth-order valence-electron chi connectivity index (χ4n) is 0.646. The van der Waals surface area contributed by atoms with Crippen LogP contribution in [-0.2, 0) is 0 Å². The summed E-state index contributed by atoms with van der Waals surface area (Å²) < 4.78 is 0.699. The van der Waals surface area contributed by atoms with E-state index in [0.29, 0.717) is 14.9 Å². The van der Waals surface area contributed by atoms with Gasteiger partial charge < -0.3 is 15.8 Å². The Morgan fingerprint density at radius 1 is 1.55 bits per heavy atom. The molecular formula is C5H6BIN2O2. The van der Waals surface area contributed by atoms with E-state index in [1.807, 2.05) is 22.6 Å². The van der Waals surface area contributed by atoms with Gasteiger partial charge in [0.2, 0.25) is 0 Å². The van der Waals surface area contributed by atoms with E-state index in [1.165, 1.54) is 6.20 Å². The minimum absolute atomic E-state index is 0.374. The number of nitrogens with two attached hydrogens (primary N) is 1. The summed E-state index contributed by atoms with van der Waals surface area (Å²) in [6.45, 7) is 0. The highest BCUT2D eigenvalue weighted by Crippen LogP contribution is 2.03. The zero-order chi connectivity index (χ0) is 8.43. The second-order valence-corrected chi connectivity index (χ2v) is 3.17. The van der Waals surface area contributed by atoms with Gasteiger partial charge in [-0.3, -0.25) is 0 Å². The molecule has 58 valence electrons. The number of halogens is 1. The van der Waals surface area contributed by atoms with Crippen LogP contribution in [0.3, 0.4) is 0 Å². The van der Waals surface area contributed by atoms with Crippen molar-refractivity contribution in [3.05, 3.63) is 15.8 Å². The van der Waals surface area contributed by atoms with Crippen molar-refractivity contribution in [3.8, 4) is 0 Å². The summed E-state index contributed by atoms with van der Waals surface area (Å²) in [5.41, 5.74) is 5.72. The highest BCUT2D eigenvalue weighted by Gasteiger charge is 2.14. The molecule has 4 nitrogen and oxygen atoms in total. The van der Waals surface area contributed by atoms with E-state index in [2.05, 4.69) is 4.98 Å². The number of rotatable bonds is 1. The number of anilines is 1. The van der Waals surface area contributed by atoms with Gasteiger partial charge in [-0.05, 0) is 28.7 Å². The first-order chi connectivity index (χ1) is 5.11. The van der Waals surface area contributed by atoms with Crippen molar-refractivity contribution in [2.24, 2.45) is 0 Å². The molecule has 1 rings (SSSR count). The van der Waals surface area contributed by atoms with Gasteiger partial charge in [-0.1, -0.05) is 0 Å². The largest absolute Gasteiger partial charge is 0.491 e. The summed E-state index contributed by atoms with van der Waals surface area (Å²) in [7, 11) is -1.48. The molecule has 0 aromatic carbocycles. The van der Waals surface area contributed by atoms with Crippen molar-refractivity contribution in [2.45, 2.75) is 0 Å². The lowest BCUT2D eigenvalue weighted by molar-refractivity contribution is 0.425. The Bertz CT molecular complexity index is 269. The van der Waals surface area contributed by atoms with Crippen LogP contribution < -0.4 is 11.2 Å². The second kappa shape index (κ2) is 3.37. The van der Waals surface area contributed by atoms with E-state index >= 15 is 0 Å². The van der Waals surface area contributed by atoms with Crippen LogP contribution in [0.25, 0.3) is 0 Å². The molecule has 0 amide bonds. The number of nitrogens with zero attached hydrogens (tertiary/aromatic N) is 1. The number of hydrogen-bond acceptors (Lipinski definition) is 4. The fraction of sp³-hybridized carbons (Fsp3) is 0. The third-order valence-corrected chi connectivity index (χ3v) is 2.12. The van der Waals surface area contributed by atoms with Gasteiger partial charge in [-0.2, -0.15) is 0 Å². The number of pyridine rings is 1. The molecule has 1 heterocycles. The topological polar surface area (TPSA) is 79.4 Å². The van der Waals surface area contributed by atoms with Crippen molar-refractivity contribution >= 4 is 41.0 Å². The van der Waals surface area contributed by atoms with Crippen LogP contribution in [0.1, 0.15) is 0 Å². The van der Waals surface area contributed by atoms with Crippen molar-refractivity contribution in [1.29, 1.82) is 0 Å². The van der Waals surface area contributed by atoms with Crippen LogP contribution in [0.15, 0.2) is 12.3 Å². The van der Waals surface area contributed by atoms with Crippen molar-refractivity contribution < 1.29 is 10.0 Å². The summed E-state index contributed by atoms with van der Waals surface area (Å²) in [6.07, 6.45) is 1.35. The average Bonchev–Trinajstić information content (AvgIpc) is 1.85. The maximum Gasteiger partial charge on any atom is 0.491 e. The molecule has 11 heavy (non-hydrogen) atoms. The molecule has 1 aromatic heterocycles. The van der Waals surface area contributed by atoms with E-state index in [0.717, 1.165) is 0 Å². The molecule has 6 heteroatoms. The molecule has 0 spiro atoms. The molecule has 0 aliphatic rings. The number of aromatic nitrogens is 1. The Kier molecular flexibility index (Phi) is 2.69. The average molecular weight is 264 g/mol. The van der Waals surface area contributed by atoms with Crippen LogP contribution in [0.2, 0.25) is 0 Å². The first kappa shape index (κ1) is 8.76. The number of nitrogen functional groups attached to an aromatic ring is 1. The zero-order valence-corrected chi connectivity index (χ0v) is 7.69. The van der Waals surface area contributed by atoms with E-state index < -0.39 is 7.12 Å². The summed E-state index contributed by atoms with van der Waals surface area (Å²) >= 11 is 1.96. The van der Waals surface area contributed by atoms with Gasteiger partial charge in [0.1, 0.15) is 5.82 Å². The van der Waals surface area contributed by atoms with Gasteiger partial charge in [-0.25, -0.2) is 4.98 Å². The summed E-state index contributed by atoms with van der Waals surface area (Å²) in [4.78, 5) is 3.71. The standard InChI is InChI=1S/C5H6BIN2O2/c7-4-1-5(8)9-2-3(4)6(10)11/h1-2,10-11H,(H2,8,9). The molecule has 0 fully saturated rings. The first-order valence-electron chi connectivity index (χ1n) is 2.88. The van der Waals surface area contributed by atoms with E-state index in [1.54, 1.807) is 6.07 Å². The Labute approximate surface area is 77.7 Å². The van der Waals surface area contributed by atoms with Crippen molar-refractivity contribution in [3.63, 3.8) is 0 Å². The van der Waals surface area contributed by atoms with Gasteiger partial charge >= 0.3 is 7.12 Å². The Morgan fingerprint density at radius 3 is 2.64 bits per heavy atom. The molecule has 4 N–H and O–H groups in total. The van der Waals surface area contributed by atoms with Gasteiger partial charge in [0.15, 0.2) is 0 Å². The lowest BCUT2D eigenvalue weighted by Crippen LogP contribution is -2.32. The normalized spacial score (nSPS) is 9.73. The lowest BCUT2D eigenvalue weighted by Gasteiger charge is -2.01. The van der Waals surface area contributed by atoms with E-state index in [9.17, 15) is 0 Å². The first-order valence-corrected chi connectivity index (χ1v) is 3.96. The van der Waals surface area contributed by atoms with Crippen LogP contribution >= 0.6 is 22.6 Å². The van der Waals surface area contributed by atoms with Gasteiger partial charge in [-0.15, -0.1) is 0 Å². The molecule has 0 radical (unpaired) electrons. The smallest absolute Gasteiger partial charge is 0.423 e. The summed E-state index contributed by atoms with van der Waals surface area (Å²) in [5, 5.41) is 17.5. The molecule has 0 unspecified atom stereocenters.